The van der Waals surface area contributed by atoms with Gasteiger partial charge in [0.1, 0.15) is 5.76 Å². The van der Waals surface area contributed by atoms with Crippen LogP contribution in [0.3, 0.4) is 0 Å². The lowest BCUT2D eigenvalue weighted by Crippen LogP contribution is -2.48. The van der Waals surface area contributed by atoms with Crippen LogP contribution in [0.5, 0.6) is 0 Å². The molecule has 0 amide bonds. The molecular formula is C123H197BrN2O10S3. The number of carboxylic acid groups (broad SMARTS) is 2. The second-order valence-corrected chi connectivity index (χ2v) is 54.5. The molecule has 16 saturated carbocycles. The maximum absolute atomic E-state index is 11.7. The molecule has 25 rings (SSSR count). The van der Waals surface area contributed by atoms with Crippen LogP contribution in [0.4, 0.5) is 0 Å². The van der Waals surface area contributed by atoms with E-state index in [2.05, 4.69) is 318 Å². The molecule has 22 bridgehead atoms. The van der Waals surface area contributed by atoms with Gasteiger partial charge in [-0.05, 0) is 327 Å². The molecule has 12 nitrogen and oxygen atoms in total. The molecule has 784 valence electrons. The van der Waals surface area contributed by atoms with Crippen LogP contribution in [-0.4, -0.2) is 92.6 Å². The molecule has 25 aliphatic rings. The van der Waals surface area contributed by atoms with Crippen LogP contribution in [0.2, 0.25) is 0 Å². The third-order valence-electron chi connectivity index (χ3n) is 48.0. The number of cyclic esters (lactones) is 2. The molecule has 18 fully saturated rings. The zero-order valence-electron chi connectivity index (χ0n) is 95.1. The molecule has 23 aliphatic carbocycles. The van der Waals surface area contributed by atoms with Crippen LogP contribution in [0.15, 0.2) is 95.3 Å². The Labute approximate surface area is 872 Å². The predicted molar refractivity (Wildman–Crippen MR) is 585 cm³/mol. The molecule has 2 saturated heterocycles. The number of allylic oxidation sites excluding steroid dienone is 14. The van der Waals surface area contributed by atoms with Crippen molar-refractivity contribution < 1.29 is 52.9 Å². The Balaban J connectivity index is 0.000000130. The number of thioether (sulfide) groups is 2. The van der Waals surface area contributed by atoms with Crippen molar-refractivity contribution >= 4 is 81.9 Å². The molecule has 29 unspecified atom stereocenters. The highest BCUT2D eigenvalue weighted by Gasteiger charge is 2.69. The highest BCUT2D eigenvalue weighted by atomic mass is 79.9. The molecule has 139 heavy (non-hydrogen) atoms. The standard InChI is InChI=1S/C12H16O3.C12H20O2.2C12H22.C10H11BrO2S.C10H20N2.C10H14O2.C10H16S.2C10H16.C9H14O.C5H6.CH4S/c1-4-5(2)8-6(3)7(4)9-10(8)12(14)15-11(9)13;1-5-6(2)10-7(3)9(5)8(4)11(10)12(13)14;2*1-6-7(2)12-9(4)8(3)11(6)10(12)5;1-3-4-6-8(13-10(4)12)7(11)5(3)9(6)14-2;1-4-7-5(2)9(11)8(4)10(12)6(7)3;1-5-7-3-4-8(5)9(6(7)2)10(11)12;1-6-7(2)9-5-4-8(6)10(9)11-3;2*1-6-7(2)10-5-4-9(6)8(10)3;1-5-6(2)8-4-3-7(5)9(8)10;1-2-4-5-3-1;1-2/h4-10H,1-3H3;5-11H,1-4H3,(H,13,14);2*6-12H,1-5H3;3-6,9H,1-2H3;4-10H,11-12H2,1-3H3;3-9H,1-2H3,(H,11,12);4-10H,1-3H3;2*4-10H,1-3H3;3-10H,1-2H3;1-4H,5H2;2H,1H3/t4-,5-,6?,7?,8?,9-,10+;5-,6-,7?,8+,9?,10?,11+;2*6-,7-,8-,9+,10?,11?,12?;3-,4-,5?,6?,9?;4?,5-,6-,7?,8?,9-,10+;5?,6-,7?,8?,9+;3*6-,7-,8?,9?,10?;5-,6-,7?,8?,9?;;/m11110000111../s1/i;;;;2T;;;3T;;;;5T;. The van der Waals surface area contributed by atoms with Gasteiger partial charge in [0.15, 0.2) is 0 Å². The minimum absolute atomic E-state index is 0.0512. The molecule has 7 N–H and O–H groups in total. The van der Waals surface area contributed by atoms with Gasteiger partial charge in [-0.3, -0.25) is 24.0 Å². The van der Waals surface area contributed by atoms with Gasteiger partial charge in [-0.1, -0.05) is 329 Å². The Kier molecular flexibility index (Phi) is 35.1. The number of aliphatic carboxylic acids is 2. The lowest BCUT2D eigenvalue weighted by Gasteiger charge is -2.34. The molecule has 61 atom stereocenters. The summed E-state index contributed by atoms with van der Waals surface area (Å²) < 4.78 is 32.7. The lowest BCUT2D eigenvalue weighted by atomic mass is 9.70. The number of thiol groups is 1. The van der Waals surface area contributed by atoms with E-state index in [9.17, 15) is 34.2 Å². The topological polar surface area (TPSA) is 217 Å². The van der Waals surface area contributed by atoms with Crippen LogP contribution in [0.25, 0.3) is 0 Å². The van der Waals surface area contributed by atoms with E-state index in [1.165, 1.54) is 0 Å². The van der Waals surface area contributed by atoms with E-state index in [1.807, 2.05) is 36.1 Å². The average molecular weight is 2050 g/mol. The summed E-state index contributed by atoms with van der Waals surface area (Å²) in [6.45, 7) is 77.0. The van der Waals surface area contributed by atoms with Crippen molar-refractivity contribution in [2.24, 2.45) is 367 Å². The summed E-state index contributed by atoms with van der Waals surface area (Å²) in [6.07, 6.45) is 33.0. The first kappa shape index (κ1) is 109. The number of aliphatic hydroxyl groups is 1. The molecule has 0 radical (unpaired) electrons. The number of ether oxygens (including phenoxy) is 2. The zero-order valence-corrected chi connectivity index (χ0v) is 96.2. The second-order valence-electron chi connectivity index (χ2n) is 51.9. The van der Waals surface area contributed by atoms with Gasteiger partial charge >= 0.3 is 29.8 Å². The van der Waals surface area contributed by atoms with E-state index in [0.717, 1.165) is 193 Å². The normalized spacial score (nSPS) is 55.7. The number of esters is 3. The average Bonchev–Trinajstić information content (AvgIpc) is 1.52. The summed E-state index contributed by atoms with van der Waals surface area (Å²) in [4.78, 5) is 57.0. The van der Waals surface area contributed by atoms with Crippen molar-refractivity contribution in [3.05, 3.63) is 95.3 Å². The van der Waals surface area contributed by atoms with Crippen LogP contribution < -0.4 is 11.5 Å². The molecule has 2 heterocycles. The Bertz CT molecular complexity index is 4190. The van der Waals surface area contributed by atoms with Crippen LogP contribution in [-0.2, 0) is 33.4 Å². The second kappa shape index (κ2) is 45.0. The molecule has 0 spiro atoms. The van der Waals surface area contributed by atoms with E-state index >= 15 is 0 Å². The fourth-order valence-corrected chi connectivity index (χ4v) is 42.6. The van der Waals surface area contributed by atoms with Crippen LogP contribution in [0.1, 0.15) is 239 Å². The van der Waals surface area contributed by atoms with Gasteiger partial charge in [0, 0.05) is 54.8 Å². The summed E-state index contributed by atoms with van der Waals surface area (Å²) in [5, 5.41) is 28.9. The number of fused-ring (bicyclic) bond motifs is 24. The summed E-state index contributed by atoms with van der Waals surface area (Å²) in [6, 6.07) is 0.715. The number of hydrogen-bond donors (Lipinski definition) is 6. The lowest BCUT2D eigenvalue weighted by molar-refractivity contribution is -0.155. The Morgan fingerprint density at radius 3 is 0.863 bits per heavy atom. The SMILES string of the molecule is CC1C2C=CC1[C@H](C(=O)O)[C@H]2C.CC1C2C=CC1[C@H](C)[C@H]2C.CC1C2C=CC1[C@H](C)[C@H]2C.CC1C2[C@@H](C(=O)O)[C@@H](C)C1[C@H](C)[C@H]2C.CC1C2[C@@H](C)[C@@H](C)C1[C@H](C)[C@H]2C.CC1C2[C@@H](C)[C@@H](C)C1[C@H](C)[C@H]2C.CC1C2[C@H](C)[C@H](N)C1[C@H](N)[C@H]2C.CC1C2[C@H]3C(=O)OC(=O)[C@H]3C1[C@H](C)[C@H]2C.CS.C[C@H]1C2C=CC(C2O)[C@@H]1C.[3H]C1C=CC=C1.[3H]CSC1C2C(Br)=C3OC(=O)[C@H](C31)[C@@H]2C.[3H]CSC1C2C=CC1[C@@H](C)[C@@H]2C. The van der Waals surface area contributed by atoms with Crippen LogP contribution in [0, 0.1) is 355 Å². The van der Waals surface area contributed by atoms with E-state index in [1.54, 1.807) is 18.0 Å². The fourth-order valence-electron chi connectivity index (χ4n) is 39.2. The van der Waals surface area contributed by atoms with Crippen LogP contribution >= 0.6 is 52.1 Å². The summed E-state index contributed by atoms with van der Waals surface area (Å²) in [5.74, 6) is 39.2. The molecule has 0 aromatic rings. The first-order valence-corrected chi connectivity index (χ1v) is 60.0. The summed E-state index contributed by atoms with van der Waals surface area (Å²) in [7, 11) is 0. The minimum Gasteiger partial charge on any atom is -0.481 e. The highest BCUT2D eigenvalue weighted by molar-refractivity contribution is 9.11. The first-order valence-electron chi connectivity index (χ1n) is 58.2. The van der Waals surface area contributed by atoms with Crippen molar-refractivity contribution in [1.82, 2.24) is 0 Å². The Hall–Kier alpha value is -3.12. The van der Waals surface area contributed by atoms with E-state index in [0.29, 0.717) is 172 Å². The molecule has 0 aromatic heterocycles. The van der Waals surface area contributed by atoms with Crippen molar-refractivity contribution in [2.45, 2.75) is 264 Å². The first-order chi connectivity index (χ1) is 66.7. The van der Waals surface area contributed by atoms with Gasteiger partial charge in [-0.25, -0.2) is 0 Å². The van der Waals surface area contributed by atoms with Crippen molar-refractivity contribution in [3.8, 4) is 0 Å². The van der Waals surface area contributed by atoms with Gasteiger partial charge in [0.2, 0.25) is 0 Å². The van der Waals surface area contributed by atoms with Crippen molar-refractivity contribution in [1.29, 1.82) is 0 Å². The maximum atomic E-state index is 11.7. The smallest absolute Gasteiger partial charge is 0.317 e. The van der Waals surface area contributed by atoms with Gasteiger partial charge in [-0.15, -0.1) is 0 Å². The molecular weight excluding hydrogens is 1840 g/mol. The molecule has 16 heteroatoms. The quantitative estimate of drug-likeness (QED) is 0.0668. The van der Waals surface area contributed by atoms with E-state index in [4.69, 9.17) is 30.2 Å². The fraction of sp³-hybridized carbons (Fsp3) is 0.829. The number of aliphatic hydroxyl groups excluding tert-OH is 1. The molecule has 0 aromatic carbocycles. The van der Waals surface area contributed by atoms with Gasteiger partial charge in [-0.2, -0.15) is 36.2 Å². The highest BCUT2D eigenvalue weighted by Crippen LogP contribution is 2.69. The Morgan fingerprint density at radius 1 is 0.309 bits per heavy atom. The number of carbonyl (C=O) groups excluding carboxylic acids is 3. The summed E-state index contributed by atoms with van der Waals surface area (Å²) in [5.41, 5.74) is 12.3. The minimum atomic E-state index is -0.619. The maximum Gasteiger partial charge on any atom is 0.317 e. The number of nitrogens with two attached hydrogens (primary N) is 2. The van der Waals surface area contributed by atoms with Gasteiger partial charge in [0.05, 0.1) is 35.7 Å². The number of carbonyl (C=O) groups is 5. The van der Waals surface area contributed by atoms with E-state index < -0.39 is 11.9 Å². The molecule has 2 aliphatic heterocycles. The largest absolute Gasteiger partial charge is 0.481 e. The van der Waals surface area contributed by atoms with E-state index in [-0.39, 0.29) is 65.9 Å². The number of halogens is 1. The number of rotatable bonds is 4. The van der Waals surface area contributed by atoms with Crippen molar-refractivity contribution in [3.63, 3.8) is 0 Å². The van der Waals surface area contributed by atoms with Gasteiger partial charge < -0.3 is 36.3 Å². The number of carboxylic acids is 2. The van der Waals surface area contributed by atoms with Crippen molar-refractivity contribution in [2.75, 3.05) is 18.7 Å². The third-order valence-corrected chi connectivity index (χ3v) is 50.9. The summed E-state index contributed by atoms with van der Waals surface area (Å²) >= 11 is 10.5. The van der Waals surface area contributed by atoms with Gasteiger partial charge in [0.25, 0.3) is 0 Å². The Morgan fingerprint density at radius 2 is 0.583 bits per heavy atom. The number of hydrogen-bond acceptors (Lipinski definition) is 13. The third kappa shape index (κ3) is 19.3. The monoisotopic (exact) mass is 2040 g/mol. The zero-order chi connectivity index (χ0) is 105. The predicted octanol–water partition coefficient (Wildman–Crippen LogP) is 27.5.